The van der Waals surface area contributed by atoms with Crippen LogP contribution in [0.3, 0.4) is 0 Å². The van der Waals surface area contributed by atoms with E-state index in [2.05, 4.69) is 5.32 Å². The molecular weight excluding hydrogens is 320 g/mol. The molecule has 25 heavy (non-hydrogen) atoms. The molecule has 2 amide bonds. The first-order valence-corrected chi connectivity index (χ1v) is 8.82. The second kappa shape index (κ2) is 8.05. The molecule has 2 aromatic rings. The van der Waals surface area contributed by atoms with E-state index < -0.39 is 0 Å². The number of aryl methyl sites for hydroxylation is 1. The number of likely N-dealkylation sites (tertiary alicyclic amines) is 1. The average Bonchev–Trinajstić information content (AvgIpc) is 3.22. The lowest BCUT2D eigenvalue weighted by Crippen LogP contribution is -2.37. The first-order chi connectivity index (χ1) is 12.1. The summed E-state index contributed by atoms with van der Waals surface area (Å²) in [5.74, 6) is 1.71. The van der Waals surface area contributed by atoms with Crippen molar-refractivity contribution in [1.82, 2.24) is 10.2 Å². The normalized spacial score (nSPS) is 18.0. The van der Waals surface area contributed by atoms with E-state index in [0.717, 1.165) is 43.7 Å². The summed E-state index contributed by atoms with van der Waals surface area (Å²) in [6.45, 7) is 2.94. The maximum atomic E-state index is 12.7. The van der Waals surface area contributed by atoms with Gasteiger partial charge in [0.15, 0.2) is 5.76 Å². The molecule has 1 aliphatic heterocycles. The minimum atomic E-state index is -0.299. The highest BCUT2D eigenvalue weighted by Gasteiger charge is 2.28. The number of hydrogen-bond donors (Lipinski definition) is 1. The van der Waals surface area contributed by atoms with Crippen LogP contribution in [-0.2, 0) is 4.79 Å². The van der Waals surface area contributed by atoms with Gasteiger partial charge in [0.25, 0.3) is 5.91 Å². The standard InChI is InChI=1S/C19H24N2O4/c1-14-8-9-16(25-14)15-6-3-2-4-12-21(15)18(22)10-11-20-19(23)17-7-5-13-24-17/h5,7-9,13,15H,2-4,6,10-12H2,1H3,(H,20,23)/t15-/m1/s1. The van der Waals surface area contributed by atoms with Crippen molar-refractivity contribution >= 4 is 11.8 Å². The van der Waals surface area contributed by atoms with Gasteiger partial charge < -0.3 is 19.1 Å². The van der Waals surface area contributed by atoms with Crippen molar-refractivity contribution in [3.63, 3.8) is 0 Å². The van der Waals surface area contributed by atoms with Crippen LogP contribution >= 0.6 is 0 Å². The molecule has 0 radical (unpaired) electrons. The second-order valence-corrected chi connectivity index (χ2v) is 6.38. The van der Waals surface area contributed by atoms with Crippen LogP contribution in [0.1, 0.15) is 60.2 Å². The van der Waals surface area contributed by atoms with Crippen LogP contribution in [0.2, 0.25) is 0 Å². The molecule has 134 valence electrons. The highest BCUT2D eigenvalue weighted by atomic mass is 16.3. The molecule has 0 bridgehead atoms. The predicted octanol–water partition coefficient (Wildman–Crippen LogP) is 3.44. The van der Waals surface area contributed by atoms with Gasteiger partial charge in [0, 0.05) is 19.5 Å². The fourth-order valence-corrected chi connectivity index (χ4v) is 3.26. The Morgan fingerprint density at radius 3 is 2.84 bits per heavy atom. The van der Waals surface area contributed by atoms with Gasteiger partial charge in [-0.1, -0.05) is 12.8 Å². The third-order valence-corrected chi connectivity index (χ3v) is 4.53. The van der Waals surface area contributed by atoms with Crippen LogP contribution < -0.4 is 5.32 Å². The van der Waals surface area contributed by atoms with Gasteiger partial charge in [-0.3, -0.25) is 9.59 Å². The second-order valence-electron chi connectivity index (χ2n) is 6.38. The van der Waals surface area contributed by atoms with Gasteiger partial charge in [-0.05, 0) is 44.0 Å². The van der Waals surface area contributed by atoms with Gasteiger partial charge in [0.1, 0.15) is 11.5 Å². The lowest BCUT2D eigenvalue weighted by Gasteiger charge is -2.28. The minimum absolute atomic E-state index is 0.00975. The maximum absolute atomic E-state index is 12.7. The summed E-state index contributed by atoms with van der Waals surface area (Å²) >= 11 is 0. The van der Waals surface area contributed by atoms with Crippen LogP contribution in [0.5, 0.6) is 0 Å². The third-order valence-electron chi connectivity index (χ3n) is 4.53. The molecule has 6 nitrogen and oxygen atoms in total. The Bertz CT molecular complexity index is 705. The number of nitrogens with one attached hydrogen (secondary N) is 1. The van der Waals surface area contributed by atoms with Crippen LogP contribution in [-0.4, -0.2) is 29.8 Å². The third kappa shape index (κ3) is 4.32. The highest BCUT2D eigenvalue weighted by Crippen LogP contribution is 2.31. The molecule has 0 saturated carbocycles. The highest BCUT2D eigenvalue weighted by molar-refractivity contribution is 5.91. The van der Waals surface area contributed by atoms with Crippen molar-refractivity contribution in [1.29, 1.82) is 0 Å². The van der Waals surface area contributed by atoms with Crippen molar-refractivity contribution < 1.29 is 18.4 Å². The molecule has 2 aromatic heterocycles. The van der Waals surface area contributed by atoms with Crippen LogP contribution in [0.25, 0.3) is 0 Å². The van der Waals surface area contributed by atoms with Gasteiger partial charge in [0.05, 0.1) is 12.3 Å². The number of amides is 2. The van der Waals surface area contributed by atoms with Gasteiger partial charge in [-0.25, -0.2) is 0 Å². The van der Waals surface area contributed by atoms with E-state index in [0.29, 0.717) is 6.54 Å². The number of rotatable bonds is 5. The molecule has 3 heterocycles. The van der Waals surface area contributed by atoms with Gasteiger partial charge in [0.2, 0.25) is 5.91 Å². The molecule has 1 N–H and O–H groups in total. The maximum Gasteiger partial charge on any atom is 0.286 e. The quantitative estimate of drug-likeness (QED) is 0.901. The molecule has 0 aliphatic carbocycles. The van der Waals surface area contributed by atoms with E-state index >= 15 is 0 Å². The van der Waals surface area contributed by atoms with Crippen LogP contribution in [0, 0.1) is 6.92 Å². The number of carbonyl (C=O) groups is 2. The van der Waals surface area contributed by atoms with E-state index in [1.54, 1.807) is 12.1 Å². The molecule has 3 rings (SSSR count). The lowest BCUT2D eigenvalue weighted by atomic mass is 10.1. The largest absolute Gasteiger partial charge is 0.464 e. The number of furan rings is 2. The molecule has 0 spiro atoms. The molecular formula is C19H24N2O4. The van der Waals surface area contributed by atoms with Gasteiger partial charge in [-0.2, -0.15) is 0 Å². The monoisotopic (exact) mass is 344 g/mol. The smallest absolute Gasteiger partial charge is 0.286 e. The van der Waals surface area contributed by atoms with Crippen molar-refractivity contribution in [2.45, 2.75) is 45.1 Å². The summed E-state index contributed by atoms with van der Waals surface area (Å²) in [6, 6.07) is 7.15. The average molecular weight is 344 g/mol. The summed E-state index contributed by atoms with van der Waals surface area (Å²) in [7, 11) is 0. The lowest BCUT2D eigenvalue weighted by molar-refractivity contribution is -0.133. The molecule has 1 saturated heterocycles. The summed E-state index contributed by atoms with van der Waals surface area (Å²) in [5, 5.41) is 2.73. The zero-order valence-electron chi connectivity index (χ0n) is 14.5. The van der Waals surface area contributed by atoms with E-state index in [-0.39, 0.29) is 30.0 Å². The molecule has 0 aromatic carbocycles. The SMILES string of the molecule is Cc1ccc([C@H]2CCCCCN2C(=O)CCNC(=O)c2ccco2)o1. The Morgan fingerprint density at radius 1 is 1.24 bits per heavy atom. The van der Waals surface area contributed by atoms with Crippen molar-refractivity contribution in [2.75, 3.05) is 13.1 Å². The summed E-state index contributed by atoms with van der Waals surface area (Å²) < 4.78 is 10.8. The van der Waals surface area contributed by atoms with Gasteiger partial charge >= 0.3 is 0 Å². The number of hydrogen-bond acceptors (Lipinski definition) is 4. The van der Waals surface area contributed by atoms with E-state index in [9.17, 15) is 9.59 Å². The molecule has 1 fully saturated rings. The Labute approximate surface area is 147 Å². The predicted molar refractivity (Wildman–Crippen MR) is 92.0 cm³/mol. The fraction of sp³-hybridized carbons (Fsp3) is 0.474. The Morgan fingerprint density at radius 2 is 2.12 bits per heavy atom. The minimum Gasteiger partial charge on any atom is -0.464 e. The molecule has 1 aliphatic rings. The number of carbonyl (C=O) groups excluding carboxylic acids is 2. The zero-order valence-corrected chi connectivity index (χ0v) is 14.5. The first kappa shape index (κ1) is 17.3. The topological polar surface area (TPSA) is 75.7 Å². The Balaban J connectivity index is 1.59. The Hall–Kier alpha value is -2.50. The summed E-state index contributed by atoms with van der Waals surface area (Å²) in [6.07, 6.45) is 5.84. The summed E-state index contributed by atoms with van der Waals surface area (Å²) in [4.78, 5) is 26.5. The van der Waals surface area contributed by atoms with E-state index in [1.165, 1.54) is 6.26 Å². The molecule has 6 heteroatoms. The number of nitrogens with zero attached hydrogens (tertiary/aromatic N) is 1. The van der Waals surface area contributed by atoms with Crippen LogP contribution in [0.4, 0.5) is 0 Å². The Kier molecular flexibility index (Phi) is 5.58. The van der Waals surface area contributed by atoms with Crippen LogP contribution in [0.15, 0.2) is 39.4 Å². The zero-order chi connectivity index (χ0) is 17.6. The van der Waals surface area contributed by atoms with Crippen molar-refractivity contribution in [3.05, 3.63) is 47.8 Å². The van der Waals surface area contributed by atoms with Crippen molar-refractivity contribution in [3.8, 4) is 0 Å². The van der Waals surface area contributed by atoms with E-state index in [4.69, 9.17) is 8.83 Å². The van der Waals surface area contributed by atoms with Crippen molar-refractivity contribution in [2.24, 2.45) is 0 Å². The molecule has 0 unspecified atom stereocenters. The van der Waals surface area contributed by atoms with E-state index in [1.807, 2.05) is 24.0 Å². The molecule has 1 atom stereocenters. The van der Waals surface area contributed by atoms with Gasteiger partial charge in [-0.15, -0.1) is 0 Å². The summed E-state index contributed by atoms with van der Waals surface area (Å²) in [5.41, 5.74) is 0. The first-order valence-electron chi connectivity index (χ1n) is 8.82. The fourth-order valence-electron chi connectivity index (χ4n) is 3.26.